The number of amides is 2. The largest absolute Gasteiger partial charge is 0.491 e. The van der Waals surface area contributed by atoms with Gasteiger partial charge in [0.05, 0.1) is 18.9 Å². The summed E-state index contributed by atoms with van der Waals surface area (Å²) in [6, 6.07) is 10.8. The molecule has 1 aliphatic rings. The summed E-state index contributed by atoms with van der Waals surface area (Å²) >= 11 is 1.65. The van der Waals surface area contributed by atoms with Crippen molar-refractivity contribution in [2.75, 3.05) is 40.0 Å². The predicted molar refractivity (Wildman–Crippen MR) is 121 cm³/mol. The average Bonchev–Trinajstić information content (AvgIpc) is 3.52. The summed E-state index contributed by atoms with van der Waals surface area (Å²) in [6.45, 7) is 1.13. The standard InChI is InChI=1S/C24H25FN2O5S/c1-30-12-10-26(24(29)21-6-3-11-31-21)15-23(28)27-9-7-22-19(8-13-33-22)20(27)16-32-18-5-2-4-17(25)14-18/h2-6,8,11,13-14,20H,7,9-10,12,15-16H2,1H3. The highest BCUT2D eigenvalue weighted by Crippen LogP contribution is 2.34. The SMILES string of the molecule is COCCN(CC(=O)N1CCc2sccc2C1COc1cccc(F)c1)C(=O)c1ccco1. The lowest BCUT2D eigenvalue weighted by atomic mass is 10.0. The Balaban J connectivity index is 1.51. The maximum Gasteiger partial charge on any atom is 0.290 e. The van der Waals surface area contributed by atoms with Crippen LogP contribution in [-0.2, 0) is 16.0 Å². The van der Waals surface area contributed by atoms with Gasteiger partial charge in [-0.15, -0.1) is 11.3 Å². The van der Waals surface area contributed by atoms with Crippen molar-refractivity contribution in [2.45, 2.75) is 12.5 Å². The fraction of sp³-hybridized carbons (Fsp3) is 0.333. The molecule has 7 nitrogen and oxygen atoms in total. The third kappa shape index (κ3) is 5.43. The van der Waals surface area contributed by atoms with Crippen LogP contribution in [0.1, 0.15) is 27.0 Å². The van der Waals surface area contributed by atoms with Crippen molar-refractivity contribution in [1.29, 1.82) is 0 Å². The number of hydrogen-bond acceptors (Lipinski definition) is 6. The van der Waals surface area contributed by atoms with Gasteiger partial charge in [0, 0.05) is 31.1 Å². The first-order valence-corrected chi connectivity index (χ1v) is 11.5. The van der Waals surface area contributed by atoms with E-state index >= 15 is 0 Å². The molecule has 0 bridgehead atoms. The fourth-order valence-corrected chi connectivity index (χ4v) is 4.80. The molecule has 0 aliphatic carbocycles. The van der Waals surface area contributed by atoms with Gasteiger partial charge in [-0.2, -0.15) is 0 Å². The summed E-state index contributed by atoms with van der Waals surface area (Å²) < 4.78 is 29.8. The number of furan rings is 1. The van der Waals surface area contributed by atoms with Gasteiger partial charge in [0.1, 0.15) is 24.7 Å². The number of benzene rings is 1. The van der Waals surface area contributed by atoms with Crippen LogP contribution in [0, 0.1) is 5.82 Å². The number of hydrogen-bond donors (Lipinski definition) is 0. The van der Waals surface area contributed by atoms with Crippen LogP contribution in [-0.4, -0.2) is 61.6 Å². The molecule has 33 heavy (non-hydrogen) atoms. The molecule has 1 aromatic carbocycles. The maximum atomic E-state index is 13.6. The van der Waals surface area contributed by atoms with Gasteiger partial charge in [-0.05, 0) is 47.7 Å². The smallest absolute Gasteiger partial charge is 0.290 e. The van der Waals surface area contributed by atoms with E-state index in [-0.39, 0.29) is 49.1 Å². The molecule has 3 heterocycles. The van der Waals surface area contributed by atoms with E-state index in [9.17, 15) is 14.0 Å². The lowest BCUT2D eigenvalue weighted by molar-refractivity contribution is -0.135. The van der Waals surface area contributed by atoms with Crippen LogP contribution in [0.25, 0.3) is 0 Å². The van der Waals surface area contributed by atoms with Crippen LogP contribution in [0.4, 0.5) is 4.39 Å². The van der Waals surface area contributed by atoms with Gasteiger partial charge < -0.3 is 23.7 Å². The molecule has 1 atom stereocenters. The summed E-state index contributed by atoms with van der Waals surface area (Å²) in [5.74, 6) is -0.379. The van der Waals surface area contributed by atoms with Crippen molar-refractivity contribution in [3.63, 3.8) is 0 Å². The van der Waals surface area contributed by atoms with Gasteiger partial charge in [-0.1, -0.05) is 6.07 Å². The van der Waals surface area contributed by atoms with Gasteiger partial charge in [0.2, 0.25) is 5.91 Å². The Kier molecular flexibility index (Phi) is 7.41. The molecule has 0 radical (unpaired) electrons. The van der Waals surface area contributed by atoms with E-state index in [0.29, 0.717) is 18.9 Å². The highest BCUT2D eigenvalue weighted by atomic mass is 32.1. The number of rotatable bonds is 9. The number of fused-ring (bicyclic) bond motifs is 1. The van der Waals surface area contributed by atoms with Crippen molar-refractivity contribution < 1.29 is 27.9 Å². The number of ether oxygens (including phenoxy) is 2. The molecule has 174 valence electrons. The number of carbonyl (C=O) groups excluding carboxylic acids is 2. The first-order chi connectivity index (χ1) is 16.1. The number of methoxy groups -OCH3 is 1. The van der Waals surface area contributed by atoms with E-state index in [1.807, 2.05) is 11.4 Å². The molecule has 0 N–H and O–H groups in total. The predicted octanol–water partition coefficient (Wildman–Crippen LogP) is 3.77. The molecular formula is C24H25FN2O5S. The van der Waals surface area contributed by atoms with Crippen molar-refractivity contribution in [2.24, 2.45) is 0 Å². The summed E-state index contributed by atoms with van der Waals surface area (Å²) in [6.07, 6.45) is 2.16. The van der Waals surface area contributed by atoms with Crippen LogP contribution < -0.4 is 4.74 Å². The molecule has 0 fully saturated rings. The molecule has 0 saturated heterocycles. The van der Waals surface area contributed by atoms with E-state index in [1.54, 1.807) is 47.6 Å². The van der Waals surface area contributed by atoms with Gasteiger partial charge in [0.25, 0.3) is 5.91 Å². The summed E-state index contributed by atoms with van der Waals surface area (Å²) in [5, 5.41) is 2.00. The summed E-state index contributed by atoms with van der Waals surface area (Å²) in [5.41, 5.74) is 1.02. The fourth-order valence-electron chi connectivity index (χ4n) is 3.87. The Morgan fingerprint density at radius 1 is 1.27 bits per heavy atom. The van der Waals surface area contributed by atoms with E-state index < -0.39 is 0 Å². The molecule has 0 saturated carbocycles. The molecule has 2 aromatic heterocycles. The van der Waals surface area contributed by atoms with Crippen molar-refractivity contribution in [1.82, 2.24) is 9.80 Å². The number of halogens is 1. The quantitative estimate of drug-likeness (QED) is 0.474. The zero-order chi connectivity index (χ0) is 23.2. The topological polar surface area (TPSA) is 72.2 Å². The molecule has 2 amide bonds. The van der Waals surface area contributed by atoms with Gasteiger partial charge in [0.15, 0.2) is 5.76 Å². The second-order valence-electron chi connectivity index (χ2n) is 7.62. The Morgan fingerprint density at radius 3 is 2.91 bits per heavy atom. The highest BCUT2D eigenvalue weighted by molar-refractivity contribution is 7.10. The maximum absolute atomic E-state index is 13.6. The second-order valence-corrected chi connectivity index (χ2v) is 8.62. The minimum absolute atomic E-state index is 0.112. The Morgan fingerprint density at radius 2 is 2.15 bits per heavy atom. The van der Waals surface area contributed by atoms with E-state index in [4.69, 9.17) is 13.9 Å². The summed E-state index contributed by atoms with van der Waals surface area (Å²) in [7, 11) is 1.54. The lowest BCUT2D eigenvalue weighted by Gasteiger charge is -2.37. The summed E-state index contributed by atoms with van der Waals surface area (Å²) in [4.78, 5) is 30.6. The molecular weight excluding hydrogens is 447 g/mol. The Hall–Kier alpha value is -3.17. The molecule has 0 spiro atoms. The van der Waals surface area contributed by atoms with Crippen LogP contribution in [0.5, 0.6) is 5.75 Å². The minimum Gasteiger partial charge on any atom is -0.491 e. The van der Waals surface area contributed by atoms with Crippen molar-refractivity contribution in [3.8, 4) is 5.75 Å². The van der Waals surface area contributed by atoms with E-state index in [2.05, 4.69) is 0 Å². The first kappa shape index (κ1) is 23.0. The van der Waals surface area contributed by atoms with Crippen LogP contribution in [0.3, 0.4) is 0 Å². The van der Waals surface area contributed by atoms with Crippen LogP contribution in [0.15, 0.2) is 58.5 Å². The number of carbonyl (C=O) groups is 2. The second kappa shape index (κ2) is 10.6. The van der Waals surface area contributed by atoms with E-state index in [1.165, 1.54) is 28.2 Å². The minimum atomic E-state index is -0.384. The average molecular weight is 473 g/mol. The van der Waals surface area contributed by atoms with Crippen molar-refractivity contribution in [3.05, 3.63) is 76.1 Å². The van der Waals surface area contributed by atoms with Gasteiger partial charge in [-0.3, -0.25) is 9.59 Å². The highest BCUT2D eigenvalue weighted by Gasteiger charge is 2.34. The third-order valence-corrected chi connectivity index (χ3v) is 6.53. The number of nitrogens with zero attached hydrogens (tertiary/aromatic N) is 2. The Labute approximate surface area is 195 Å². The van der Waals surface area contributed by atoms with Crippen LogP contribution in [0.2, 0.25) is 0 Å². The van der Waals surface area contributed by atoms with Gasteiger partial charge >= 0.3 is 0 Å². The Bertz CT molecular complexity index is 1080. The van der Waals surface area contributed by atoms with Gasteiger partial charge in [-0.25, -0.2) is 4.39 Å². The zero-order valence-corrected chi connectivity index (χ0v) is 19.1. The molecule has 4 rings (SSSR count). The van der Waals surface area contributed by atoms with E-state index in [0.717, 1.165) is 12.0 Å². The zero-order valence-electron chi connectivity index (χ0n) is 18.2. The molecule has 9 heteroatoms. The van der Waals surface area contributed by atoms with Crippen molar-refractivity contribution >= 4 is 23.2 Å². The molecule has 3 aromatic rings. The van der Waals surface area contributed by atoms with Crippen LogP contribution >= 0.6 is 11.3 Å². The third-order valence-electron chi connectivity index (χ3n) is 5.53. The molecule has 1 unspecified atom stereocenters. The first-order valence-electron chi connectivity index (χ1n) is 10.6. The monoisotopic (exact) mass is 472 g/mol. The normalized spacial score (nSPS) is 15.2. The number of thiophene rings is 1. The lowest BCUT2D eigenvalue weighted by Crippen LogP contribution is -2.48. The molecule has 1 aliphatic heterocycles.